The molecule has 0 aliphatic carbocycles. The van der Waals surface area contributed by atoms with Crippen molar-refractivity contribution in [2.24, 2.45) is 0 Å². The number of hydrogen-bond donors (Lipinski definition) is 7. The molecular weight excluding hydrogens is 698 g/mol. The van der Waals surface area contributed by atoms with Gasteiger partial charge >= 0.3 is 0 Å². The highest BCUT2D eigenvalue weighted by atomic mass is 16.7. The third-order valence-corrected chi connectivity index (χ3v) is 11.2. The van der Waals surface area contributed by atoms with Gasteiger partial charge in [-0.05, 0) is 19.3 Å². The molecule has 1 heterocycles. The van der Waals surface area contributed by atoms with E-state index in [0.29, 0.717) is 6.42 Å². The third-order valence-electron chi connectivity index (χ3n) is 11.2. The van der Waals surface area contributed by atoms with Gasteiger partial charge in [-0.1, -0.05) is 199 Å². The number of aliphatic hydroxyl groups is 6. The van der Waals surface area contributed by atoms with Gasteiger partial charge in [-0.15, -0.1) is 0 Å². The topological polar surface area (TPSA) is 169 Å². The van der Waals surface area contributed by atoms with Crippen molar-refractivity contribution in [1.29, 1.82) is 0 Å². The van der Waals surface area contributed by atoms with Gasteiger partial charge in [0.25, 0.3) is 0 Å². The molecule has 0 spiro atoms. The Balaban J connectivity index is 2.42. The molecule has 0 aromatic carbocycles. The van der Waals surface area contributed by atoms with Crippen LogP contribution in [0.15, 0.2) is 12.2 Å². The van der Waals surface area contributed by atoms with Crippen LogP contribution in [-0.2, 0) is 14.3 Å². The van der Waals surface area contributed by atoms with Crippen LogP contribution in [0.2, 0.25) is 0 Å². The zero-order chi connectivity index (χ0) is 40.4. The smallest absolute Gasteiger partial charge is 0.249 e. The molecule has 10 nitrogen and oxygen atoms in total. The fourth-order valence-electron chi connectivity index (χ4n) is 7.40. The summed E-state index contributed by atoms with van der Waals surface area (Å²) in [5, 5.41) is 64.6. The largest absolute Gasteiger partial charge is 0.394 e. The monoisotopic (exact) mass is 786 g/mol. The van der Waals surface area contributed by atoms with Gasteiger partial charge in [0.15, 0.2) is 6.29 Å². The molecule has 1 fully saturated rings. The summed E-state index contributed by atoms with van der Waals surface area (Å²) in [5.41, 5.74) is 0. The minimum atomic E-state index is -1.61. The maximum absolute atomic E-state index is 13.0. The van der Waals surface area contributed by atoms with Crippen LogP contribution in [0.25, 0.3) is 0 Å². The van der Waals surface area contributed by atoms with Crippen molar-refractivity contribution in [1.82, 2.24) is 5.32 Å². The molecule has 0 radical (unpaired) electrons. The van der Waals surface area contributed by atoms with Gasteiger partial charge in [0.1, 0.15) is 30.5 Å². The van der Waals surface area contributed by atoms with E-state index < -0.39 is 61.5 Å². The molecule has 326 valence electrons. The van der Waals surface area contributed by atoms with Crippen LogP contribution in [0.3, 0.4) is 0 Å². The molecule has 1 saturated heterocycles. The molecule has 7 N–H and O–H groups in total. The predicted molar refractivity (Wildman–Crippen MR) is 223 cm³/mol. The van der Waals surface area contributed by atoms with Crippen LogP contribution in [0.1, 0.15) is 206 Å². The summed E-state index contributed by atoms with van der Waals surface area (Å²) in [6, 6.07) is -0.974. The molecule has 0 aromatic heterocycles. The van der Waals surface area contributed by atoms with E-state index in [1.165, 1.54) is 141 Å². The number of nitrogens with one attached hydrogen (secondary N) is 1. The minimum Gasteiger partial charge on any atom is -0.394 e. The molecule has 0 saturated carbocycles. The van der Waals surface area contributed by atoms with Gasteiger partial charge < -0.3 is 45.4 Å². The molecule has 10 heteroatoms. The lowest BCUT2D eigenvalue weighted by atomic mass is 9.99. The van der Waals surface area contributed by atoms with Crippen LogP contribution < -0.4 is 5.32 Å². The summed E-state index contributed by atoms with van der Waals surface area (Å²) in [6.45, 7) is 3.61. The minimum absolute atomic E-state index is 0.301. The highest BCUT2D eigenvalue weighted by molar-refractivity contribution is 5.80. The van der Waals surface area contributed by atoms with Gasteiger partial charge in [0, 0.05) is 0 Å². The first-order valence-electron chi connectivity index (χ1n) is 23.0. The molecule has 1 aliphatic rings. The molecule has 0 aromatic rings. The average Bonchev–Trinajstić information content (AvgIpc) is 3.18. The van der Waals surface area contributed by atoms with Crippen molar-refractivity contribution >= 4 is 5.91 Å². The second-order valence-corrected chi connectivity index (χ2v) is 16.3. The van der Waals surface area contributed by atoms with Gasteiger partial charge in [0.2, 0.25) is 5.91 Å². The molecule has 0 bridgehead atoms. The van der Waals surface area contributed by atoms with E-state index >= 15 is 0 Å². The number of rotatable bonds is 38. The van der Waals surface area contributed by atoms with E-state index in [9.17, 15) is 35.4 Å². The lowest BCUT2D eigenvalue weighted by Gasteiger charge is -2.40. The van der Waals surface area contributed by atoms with Crippen molar-refractivity contribution in [3.63, 3.8) is 0 Å². The van der Waals surface area contributed by atoms with Crippen LogP contribution in [-0.4, -0.2) is 98.7 Å². The summed E-state index contributed by atoms with van der Waals surface area (Å²) in [6.07, 6.45) is 30.1. The van der Waals surface area contributed by atoms with Crippen LogP contribution in [0.5, 0.6) is 0 Å². The van der Waals surface area contributed by atoms with Crippen molar-refractivity contribution in [2.75, 3.05) is 13.2 Å². The molecule has 8 atom stereocenters. The van der Waals surface area contributed by atoms with Crippen LogP contribution in [0, 0.1) is 0 Å². The van der Waals surface area contributed by atoms with Gasteiger partial charge in [-0.25, -0.2) is 0 Å². The number of allylic oxidation sites excluding steroid dienone is 1. The zero-order valence-electron chi connectivity index (χ0n) is 35.3. The number of carbonyl (C=O) groups is 1. The maximum atomic E-state index is 13.0. The number of unbranched alkanes of at least 4 members (excludes halogenated alkanes) is 27. The summed E-state index contributed by atoms with van der Waals surface area (Å²) in [4.78, 5) is 13.0. The van der Waals surface area contributed by atoms with Gasteiger partial charge in [-0.3, -0.25) is 4.79 Å². The van der Waals surface area contributed by atoms with E-state index in [4.69, 9.17) is 9.47 Å². The molecule has 55 heavy (non-hydrogen) atoms. The van der Waals surface area contributed by atoms with Crippen molar-refractivity contribution in [3.05, 3.63) is 12.2 Å². The quantitative estimate of drug-likeness (QED) is 0.0241. The van der Waals surface area contributed by atoms with E-state index in [0.717, 1.165) is 44.9 Å². The standard InChI is InChI=1S/C45H87NO9/c1-3-5-7-9-11-13-15-17-18-19-20-22-23-25-27-29-31-33-38(48)37(36-54-45-43(52)42(51)41(50)40(35-47)55-45)46-44(53)39(49)34-32-30-28-26-24-21-16-14-12-10-8-6-4-2/h31,33,37-43,45,47-52H,3-30,32,34-36H2,1-2H3,(H,46,53)/b33-31+. The highest BCUT2D eigenvalue weighted by Gasteiger charge is 2.44. The maximum Gasteiger partial charge on any atom is 0.249 e. The molecule has 1 amide bonds. The van der Waals surface area contributed by atoms with E-state index in [2.05, 4.69) is 19.2 Å². The Morgan fingerprint density at radius 3 is 1.47 bits per heavy atom. The summed E-state index contributed by atoms with van der Waals surface area (Å²) < 4.78 is 11.1. The molecule has 1 rings (SSSR count). The summed E-state index contributed by atoms with van der Waals surface area (Å²) in [5.74, 6) is -0.615. The first kappa shape index (κ1) is 51.9. The number of ether oxygens (including phenoxy) is 2. The molecule has 1 aliphatic heterocycles. The first-order valence-corrected chi connectivity index (χ1v) is 23.0. The Morgan fingerprint density at radius 2 is 1.04 bits per heavy atom. The second kappa shape index (κ2) is 36.0. The Labute approximate surface area is 336 Å². The van der Waals surface area contributed by atoms with Crippen molar-refractivity contribution in [3.8, 4) is 0 Å². The van der Waals surface area contributed by atoms with E-state index in [1.54, 1.807) is 6.08 Å². The number of carbonyl (C=O) groups excluding carboxylic acids is 1. The summed E-state index contributed by atoms with van der Waals surface area (Å²) in [7, 11) is 0. The Bertz CT molecular complexity index is 890. The lowest BCUT2D eigenvalue weighted by Crippen LogP contribution is -2.60. The highest BCUT2D eigenvalue weighted by Crippen LogP contribution is 2.23. The SMILES string of the molecule is CCCCCCCCCCCCCCCCC/C=C/C(O)C(COC1OC(CO)C(O)C(O)C1O)NC(=O)C(O)CCCCCCCCCCCCCCC. The molecule has 8 unspecified atom stereocenters. The van der Waals surface area contributed by atoms with Crippen LogP contribution in [0.4, 0.5) is 0 Å². The predicted octanol–water partition coefficient (Wildman–Crippen LogP) is 8.31. The van der Waals surface area contributed by atoms with Gasteiger partial charge in [0.05, 0.1) is 25.4 Å². The Morgan fingerprint density at radius 1 is 0.618 bits per heavy atom. The molecular formula is C45H87NO9. The first-order chi connectivity index (χ1) is 26.8. The number of aliphatic hydroxyl groups excluding tert-OH is 6. The van der Waals surface area contributed by atoms with E-state index in [1.807, 2.05) is 6.08 Å². The number of hydrogen-bond acceptors (Lipinski definition) is 9. The zero-order valence-corrected chi connectivity index (χ0v) is 35.3. The summed E-state index contributed by atoms with van der Waals surface area (Å²) >= 11 is 0. The fraction of sp³-hybridized carbons (Fsp3) is 0.933. The van der Waals surface area contributed by atoms with Crippen molar-refractivity contribution < 1.29 is 44.9 Å². The second-order valence-electron chi connectivity index (χ2n) is 16.3. The van der Waals surface area contributed by atoms with Gasteiger partial charge in [-0.2, -0.15) is 0 Å². The van der Waals surface area contributed by atoms with E-state index in [-0.39, 0.29) is 6.61 Å². The lowest BCUT2D eigenvalue weighted by molar-refractivity contribution is -0.302. The normalized spacial score (nSPS) is 21.9. The average molecular weight is 786 g/mol. The number of amides is 1. The Kier molecular flexibility index (Phi) is 34.0. The van der Waals surface area contributed by atoms with Crippen LogP contribution >= 0.6 is 0 Å². The third kappa shape index (κ3) is 26.5. The van der Waals surface area contributed by atoms with Crippen molar-refractivity contribution in [2.45, 2.75) is 255 Å². The fourth-order valence-corrected chi connectivity index (χ4v) is 7.40. The Hall–Kier alpha value is -1.11.